The zero-order chi connectivity index (χ0) is 14.8. The average Bonchev–Trinajstić information content (AvgIpc) is 2.26. The minimum absolute atomic E-state index is 0.0277. The Morgan fingerprint density at radius 2 is 1.79 bits per heavy atom. The van der Waals surface area contributed by atoms with Crippen molar-refractivity contribution in [3.8, 4) is 0 Å². The van der Waals surface area contributed by atoms with Gasteiger partial charge >= 0.3 is 6.18 Å². The molecule has 0 spiro atoms. The quantitative estimate of drug-likeness (QED) is 0.845. The van der Waals surface area contributed by atoms with Crippen LogP contribution >= 0.6 is 0 Å². The topological polar surface area (TPSA) is 20.2 Å². The molecule has 1 atom stereocenters. The lowest BCUT2D eigenvalue weighted by Crippen LogP contribution is -2.34. The van der Waals surface area contributed by atoms with Crippen LogP contribution < -0.4 is 5.19 Å². The molecule has 0 aliphatic rings. The fourth-order valence-corrected chi connectivity index (χ4v) is 3.17. The van der Waals surface area contributed by atoms with Crippen LogP contribution in [0.5, 0.6) is 0 Å². The maximum absolute atomic E-state index is 13.0. The van der Waals surface area contributed by atoms with Gasteiger partial charge in [-0.1, -0.05) is 45.9 Å². The number of aliphatic hydroxyl groups is 1. The van der Waals surface area contributed by atoms with Gasteiger partial charge in [-0.2, -0.15) is 13.2 Å². The molecule has 0 aliphatic carbocycles. The first-order valence-electron chi connectivity index (χ1n) is 6.14. The molecule has 0 aromatic heterocycles. The van der Waals surface area contributed by atoms with Crippen LogP contribution in [0, 0.1) is 5.41 Å². The highest BCUT2D eigenvalue weighted by atomic mass is 28.2. The van der Waals surface area contributed by atoms with Gasteiger partial charge in [-0.15, -0.1) is 0 Å². The van der Waals surface area contributed by atoms with Gasteiger partial charge in [-0.25, -0.2) is 0 Å². The predicted molar refractivity (Wildman–Crippen MR) is 71.6 cm³/mol. The summed E-state index contributed by atoms with van der Waals surface area (Å²) < 4.78 is 39.1. The first-order valence-corrected chi connectivity index (χ1v) is 7.21. The van der Waals surface area contributed by atoms with Gasteiger partial charge in [0.15, 0.2) is 0 Å². The van der Waals surface area contributed by atoms with Crippen molar-refractivity contribution in [2.75, 3.05) is 0 Å². The van der Waals surface area contributed by atoms with Gasteiger partial charge < -0.3 is 5.11 Å². The summed E-state index contributed by atoms with van der Waals surface area (Å²) in [4.78, 5) is 0. The molecule has 0 aliphatic heterocycles. The molecule has 106 valence electrons. The molecular weight excluding hydrogens is 269 g/mol. The van der Waals surface area contributed by atoms with Crippen molar-refractivity contribution in [1.82, 2.24) is 0 Å². The Labute approximate surface area is 114 Å². The molecule has 1 unspecified atom stereocenters. The second-order valence-electron chi connectivity index (χ2n) is 5.73. The third-order valence-corrected chi connectivity index (χ3v) is 5.46. The molecule has 2 radical (unpaired) electrons. The van der Waals surface area contributed by atoms with Gasteiger partial charge in [-0.3, -0.25) is 0 Å². The predicted octanol–water partition coefficient (Wildman–Crippen LogP) is 3.38. The van der Waals surface area contributed by atoms with Crippen molar-refractivity contribution in [2.24, 2.45) is 5.41 Å². The molecule has 0 heterocycles. The maximum atomic E-state index is 13.0. The Kier molecular flexibility index (Phi) is 4.85. The summed E-state index contributed by atoms with van der Waals surface area (Å²) in [6.45, 7) is 7.63. The minimum Gasteiger partial charge on any atom is -0.392 e. The van der Waals surface area contributed by atoms with E-state index in [2.05, 4.69) is 0 Å². The molecule has 19 heavy (non-hydrogen) atoms. The summed E-state index contributed by atoms with van der Waals surface area (Å²) >= 11 is 0. The van der Waals surface area contributed by atoms with E-state index in [1.807, 2.05) is 27.7 Å². The van der Waals surface area contributed by atoms with Crippen LogP contribution in [-0.2, 0) is 12.8 Å². The molecule has 0 bridgehead atoms. The fraction of sp³-hybridized carbons (Fsp3) is 0.571. The summed E-state index contributed by atoms with van der Waals surface area (Å²) in [5.74, 6) is 0. The van der Waals surface area contributed by atoms with E-state index in [1.165, 1.54) is 6.07 Å². The van der Waals surface area contributed by atoms with Gasteiger partial charge in [-0.05, 0) is 21.7 Å². The Morgan fingerprint density at radius 3 is 2.21 bits per heavy atom. The van der Waals surface area contributed by atoms with Crippen molar-refractivity contribution in [3.63, 3.8) is 0 Å². The van der Waals surface area contributed by atoms with Crippen molar-refractivity contribution in [3.05, 3.63) is 29.3 Å². The summed E-state index contributed by atoms with van der Waals surface area (Å²) in [5.41, 5.74) is -0.191. The van der Waals surface area contributed by atoms with Gasteiger partial charge in [0.25, 0.3) is 0 Å². The zero-order valence-electron chi connectivity index (χ0n) is 11.6. The second-order valence-corrected chi connectivity index (χ2v) is 7.38. The van der Waals surface area contributed by atoms with Crippen LogP contribution in [0.15, 0.2) is 18.2 Å². The molecule has 1 rings (SSSR count). The number of alkyl halides is 3. The van der Waals surface area contributed by atoms with E-state index in [0.717, 1.165) is 6.07 Å². The molecule has 0 saturated carbocycles. The molecule has 0 amide bonds. The third-order valence-electron chi connectivity index (χ3n) is 3.29. The van der Waals surface area contributed by atoms with Gasteiger partial charge in [0, 0.05) is 0 Å². The summed E-state index contributed by atoms with van der Waals surface area (Å²) in [6, 6.07) is 4.01. The summed E-state index contributed by atoms with van der Waals surface area (Å²) in [5, 5.41) is 9.51. The van der Waals surface area contributed by atoms with Crippen LogP contribution in [0.4, 0.5) is 13.2 Å². The Balaban J connectivity index is 3.24. The van der Waals surface area contributed by atoms with E-state index < -0.39 is 11.7 Å². The number of hydrogen-bond acceptors (Lipinski definition) is 1. The van der Waals surface area contributed by atoms with E-state index in [0.29, 0.717) is 5.56 Å². The number of aliphatic hydroxyl groups excluding tert-OH is 1. The van der Waals surface area contributed by atoms with Crippen LogP contribution in [0.25, 0.3) is 0 Å². The van der Waals surface area contributed by atoms with E-state index in [9.17, 15) is 18.3 Å². The van der Waals surface area contributed by atoms with Crippen LogP contribution in [0.1, 0.15) is 38.8 Å². The van der Waals surface area contributed by atoms with Crippen LogP contribution in [0.3, 0.4) is 0 Å². The highest BCUT2D eigenvalue weighted by Gasteiger charge is 2.35. The number of benzene rings is 1. The van der Waals surface area contributed by atoms with Crippen molar-refractivity contribution >= 4 is 14.7 Å². The monoisotopic (exact) mass is 288 g/mol. The standard InChI is InChI=1S/C14H19F3OSi/c1-9(13(2,3)4)19-12-10(8-18)6-5-7-11(12)14(15,16)17/h5-7,9,18H,8H2,1-4H3. The van der Waals surface area contributed by atoms with Gasteiger partial charge in [0.2, 0.25) is 0 Å². The molecule has 0 fully saturated rings. The fourth-order valence-electron chi connectivity index (χ4n) is 1.57. The Bertz CT molecular complexity index is 435. The smallest absolute Gasteiger partial charge is 0.392 e. The molecule has 1 aromatic rings. The van der Waals surface area contributed by atoms with Crippen molar-refractivity contribution in [1.29, 1.82) is 0 Å². The van der Waals surface area contributed by atoms with E-state index >= 15 is 0 Å². The van der Waals surface area contributed by atoms with E-state index in [-0.39, 0.29) is 32.3 Å². The first kappa shape index (κ1) is 16.2. The Morgan fingerprint density at radius 1 is 1.21 bits per heavy atom. The van der Waals surface area contributed by atoms with Crippen molar-refractivity contribution < 1.29 is 18.3 Å². The highest BCUT2D eigenvalue weighted by molar-refractivity contribution is 6.56. The van der Waals surface area contributed by atoms with Crippen LogP contribution in [0.2, 0.25) is 5.54 Å². The molecule has 1 aromatic carbocycles. The minimum atomic E-state index is -4.37. The maximum Gasteiger partial charge on any atom is 0.416 e. The van der Waals surface area contributed by atoms with Gasteiger partial charge in [0.1, 0.15) is 0 Å². The first-order chi connectivity index (χ1) is 8.57. The molecule has 1 N–H and O–H groups in total. The lowest BCUT2D eigenvalue weighted by atomic mass is 9.93. The van der Waals surface area contributed by atoms with Crippen molar-refractivity contribution in [2.45, 2.75) is 46.0 Å². The largest absolute Gasteiger partial charge is 0.416 e. The molecule has 5 heteroatoms. The average molecular weight is 288 g/mol. The molecule has 0 saturated heterocycles. The molecule has 1 nitrogen and oxygen atoms in total. The Hall–Kier alpha value is -0.813. The van der Waals surface area contributed by atoms with Crippen LogP contribution in [-0.4, -0.2) is 14.6 Å². The second kappa shape index (κ2) is 5.67. The highest BCUT2D eigenvalue weighted by Crippen LogP contribution is 2.32. The van der Waals surface area contributed by atoms with E-state index in [1.54, 1.807) is 6.07 Å². The molecular formula is C14H19F3OSi. The number of rotatable bonds is 3. The zero-order valence-corrected chi connectivity index (χ0v) is 12.6. The SMILES string of the molecule is CC([Si]c1c(CO)cccc1C(F)(F)F)C(C)(C)C. The lowest BCUT2D eigenvalue weighted by Gasteiger charge is -2.28. The lowest BCUT2D eigenvalue weighted by molar-refractivity contribution is -0.136. The summed E-state index contributed by atoms with van der Waals surface area (Å²) in [6.07, 6.45) is -4.37. The normalized spacial score (nSPS) is 14.5. The third kappa shape index (κ3) is 4.08. The summed E-state index contributed by atoms with van der Waals surface area (Å²) in [7, 11) is 0.0277. The number of hydrogen-bond donors (Lipinski definition) is 1. The number of halogens is 3. The van der Waals surface area contributed by atoms with Gasteiger partial charge in [0.05, 0.1) is 21.7 Å². The van der Waals surface area contributed by atoms with E-state index in [4.69, 9.17) is 0 Å².